The number of azo groups is 1. The Balaban J connectivity index is 1.23. The molecule has 49 heavy (non-hydrogen) atoms. The minimum atomic E-state index is -0.626. The minimum absolute atomic E-state index is 0.00203. The Kier molecular flexibility index (Phi) is 5.99. The molecule has 8 aromatic rings. The van der Waals surface area contributed by atoms with Gasteiger partial charge >= 0.3 is 5.69 Å². The second kappa shape index (κ2) is 10.4. The molecule has 11 nitrogen and oxygen atoms in total. The number of carbonyl (C=O) groups excluding carboxylic acids is 3. The van der Waals surface area contributed by atoms with Crippen LogP contribution in [0, 0.1) is 0 Å². The number of anilines is 1. The van der Waals surface area contributed by atoms with Gasteiger partial charge in [-0.1, -0.05) is 66.7 Å². The summed E-state index contributed by atoms with van der Waals surface area (Å²) in [6, 6.07) is 29.4. The van der Waals surface area contributed by atoms with Gasteiger partial charge in [-0.2, -0.15) is 0 Å². The molecular formula is C38H22N6O5. The molecule has 0 aliphatic heterocycles. The standard InChI is InChI=1S/C38H22N6O5/c45-34-22-7-1-2-8-23(22)35(46)31-24(34)9-5-11-28(31)43-44-33-30-18(12-14-21-20-6-3-4-10-26(20)40-32(21)30)16-25(36(33)47)37(48)39-19-13-15-27-29(17-19)42-38(49)41-27/h1-17,40,47H,(H,39,48)(H2,41,42,49). The zero-order chi connectivity index (χ0) is 33.4. The summed E-state index contributed by atoms with van der Waals surface area (Å²) in [5, 5.41) is 26.5. The number of rotatable bonds is 4. The van der Waals surface area contributed by atoms with Crippen molar-refractivity contribution in [2.75, 3.05) is 5.32 Å². The highest BCUT2D eigenvalue weighted by atomic mass is 16.3. The van der Waals surface area contributed by atoms with Crippen molar-refractivity contribution in [3.63, 3.8) is 0 Å². The molecule has 2 heterocycles. The molecular weight excluding hydrogens is 620 g/mol. The maximum atomic E-state index is 13.7. The second-order valence-electron chi connectivity index (χ2n) is 11.8. The van der Waals surface area contributed by atoms with Gasteiger partial charge in [0, 0.05) is 44.1 Å². The number of hydrogen-bond acceptors (Lipinski definition) is 7. The molecule has 1 aliphatic rings. The zero-order valence-corrected chi connectivity index (χ0v) is 25.3. The molecule has 9 rings (SSSR count). The van der Waals surface area contributed by atoms with Crippen molar-refractivity contribution in [2.24, 2.45) is 10.2 Å². The van der Waals surface area contributed by atoms with E-state index in [2.05, 4.69) is 30.5 Å². The first-order valence-corrected chi connectivity index (χ1v) is 15.3. The van der Waals surface area contributed by atoms with E-state index in [0.29, 0.717) is 38.6 Å². The topological polar surface area (TPSA) is 173 Å². The lowest BCUT2D eigenvalue weighted by molar-refractivity contribution is 0.0979. The molecule has 0 unspecified atom stereocenters. The van der Waals surface area contributed by atoms with Crippen LogP contribution in [-0.4, -0.2) is 37.5 Å². The van der Waals surface area contributed by atoms with Gasteiger partial charge in [0.2, 0.25) is 0 Å². The quantitative estimate of drug-likeness (QED) is 0.123. The SMILES string of the molecule is O=C(Nc1ccc2[nH]c(=O)[nH]c2c1)c1cc2ccc3c4ccccc4[nH]c3c2c(N=Nc2cccc3c2C(=O)c2ccccc2C3=O)c1O. The van der Waals surface area contributed by atoms with E-state index >= 15 is 0 Å². The van der Waals surface area contributed by atoms with Gasteiger partial charge in [0.25, 0.3) is 5.91 Å². The first-order valence-electron chi connectivity index (χ1n) is 15.3. The lowest BCUT2D eigenvalue weighted by Crippen LogP contribution is -2.20. The summed E-state index contributed by atoms with van der Waals surface area (Å²) in [6.07, 6.45) is 0. The van der Waals surface area contributed by atoms with Crippen molar-refractivity contribution in [1.29, 1.82) is 0 Å². The Morgan fingerprint density at radius 2 is 1.41 bits per heavy atom. The van der Waals surface area contributed by atoms with E-state index in [9.17, 15) is 24.3 Å². The Morgan fingerprint density at radius 1 is 0.653 bits per heavy atom. The maximum absolute atomic E-state index is 13.7. The molecule has 0 saturated carbocycles. The van der Waals surface area contributed by atoms with E-state index in [0.717, 1.165) is 16.3 Å². The van der Waals surface area contributed by atoms with Gasteiger partial charge in [0.15, 0.2) is 17.3 Å². The lowest BCUT2D eigenvalue weighted by atomic mass is 9.83. The molecule has 1 aliphatic carbocycles. The third-order valence-corrected chi connectivity index (χ3v) is 8.94. The first-order chi connectivity index (χ1) is 23.9. The summed E-state index contributed by atoms with van der Waals surface area (Å²) in [6.45, 7) is 0. The smallest absolute Gasteiger partial charge is 0.323 e. The predicted octanol–water partition coefficient (Wildman–Crippen LogP) is 7.79. The normalized spacial score (nSPS) is 12.7. The average Bonchev–Trinajstić information content (AvgIpc) is 3.69. The maximum Gasteiger partial charge on any atom is 0.323 e. The number of carbonyl (C=O) groups is 3. The zero-order valence-electron chi connectivity index (χ0n) is 25.3. The van der Waals surface area contributed by atoms with Crippen LogP contribution in [0.1, 0.15) is 42.2 Å². The fourth-order valence-corrected chi connectivity index (χ4v) is 6.67. The number of phenols is 1. The summed E-state index contributed by atoms with van der Waals surface area (Å²) in [5.41, 5.74) is 3.62. The van der Waals surface area contributed by atoms with Gasteiger partial charge in [-0.05, 0) is 41.8 Å². The van der Waals surface area contributed by atoms with Crippen molar-refractivity contribution in [1.82, 2.24) is 15.0 Å². The summed E-state index contributed by atoms with van der Waals surface area (Å²) in [7, 11) is 0. The molecule has 0 saturated heterocycles. The van der Waals surface area contributed by atoms with Crippen LogP contribution in [-0.2, 0) is 0 Å². The van der Waals surface area contributed by atoms with Crippen molar-refractivity contribution >= 4 is 78.1 Å². The third kappa shape index (κ3) is 4.29. The van der Waals surface area contributed by atoms with Crippen LogP contribution in [0.5, 0.6) is 5.75 Å². The van der Waals surface area contributed by atoms with Gasteiger partial charge in [0.05, 0.1) is 33.4 Å². The van der Waals surface area contributed by atoms with Crippen molar-refractivity contribution in [2.45, 2.75) is 0 Å². The molecule has 11 heteroatoms. The Labute approximate surface area is 274 Å². The lowest BCUT2D eigenvalue weighted by Gasteiger charge is -2.18. The molecule has 0 bridgehead atoms. The molecule has 234 valence electrons. The summed E-state index contributed by atoms with van der Waals surface area (Å²) < 4.78 is 0. The molecule has 0 radical (unpaired) electrons. The summed E-state index contributed by atoms with van der Waals surface area (Å²) >= 11 is 0. The number of amides is 1. The van der Waals surface area contributed by atoms with Crippen LogP contribution in [0.2, 0.25) is 0 Å². The van der Waals surface area contributed by atoms with Crippen LogP contribution < -0.4 is 11.0 Å². The van der Waals surface area contributed by atoms with E-state index in [1.165, 1.54) is 0 Å². The largest absolute Gasteiger partial charge is 0.505 e. The van der Waals surface area contributed by atoms with Gasteiger partial charge in [-0.25, -0.2) is 4.79 Å². The predicted molar refractivity (Wildman–Crippen MR) is 186 cm³/mol. The molecule has 6 aromatic carbocycles. The van der Waals surface area contributed by atoms with Crippen LogP contribution in [0.3, 0.4) is 0 Å². The highest BCUT2D eigenvalue weighted by Gasteiger charge is 2.31. The molecule has 5 N–H and O–H groups in total. The second-order valence-corrected chi connectivity index (χ2v) is 11.8. The number of imidazole rings is 1. The van der Waals surface area contributed by atoms with Gasteiger partial charge in [-0.3, -0.25) is 14.4 Å². The van der Waals surface area contributed by atoms with Crippen molar-refractivity contribution in [3.05, 3.63) is 141 Å². The molecule has 0 fully saturated rings. The van der Waals surface area contributed by atoms with Gasteiger partial charge in [0.1, 0.15) is 5.69 Å². The van der Waals surface area contributed by atoms with Crippen molar-refractivity contribution in [3.8, 4) is 5.75 Å². The van der Waals surface area contributed by atoms with E-state index in [4.69, 9.17) is 0 Å². The van der Waals surface area contributed by atoms with E-state index < -0.39 is 11.7 Å². The number of aromatic hydroxyl groups is 1. The van der Waals surface area contributed by atoms with Crippen LogP contribution in [0.15, 0.2) is 118 Å². The highest BCUT2D eigenvalue weighted by molar-refractivity contribution is 6.30. The van der Waals surface area contributed by atoms with Crippen LogP contribution >= 0.6 is 0 Å². The van der Waals surface area contributed by atoms with Crippen LogP contribution in [0.4, 0.5) is 17.1 Å². The number of aromatic amines is 3. The number of hydrogen-bond donors (Lipinski definition) is 5. The van der Waals surface area contributed by atoms with Gasteiger partial charge < -0.3 is 25.4 Å². The average molecular weight is 643 g/mol. The Bertz CT molecular complexity index is 2860. The Morgan fingerprint density at radius 3 is 2.27 bits per heavy atom. The number of benzene rings is 6. The number of ketones is 2. The summed E-state index contributed by atoms with van der Waals surface area (Å²) in [4.78, 5) is 61.2. The first kappa shape index (κ1) is 28.1. The highest BCUT2D eigenvalue weighted by Crippen LogP contribution is 2.44. The van der Waals surface area contributed by atoms with E-state index in [-0.39, 0.29) is 50.9 Å². The van der Waals surface area contributed by atoms with Crippen molar-refractivity contribution < 1.29 is 19.5 Å². The third-order valence-electron chi connectivity index (χ3n) is 8.94. The summed E-state index contributed by atoms with van der Waals surface area (Å²) in [5.74, 6) is -1.72. The monoisotopic (exact) mass is 642 g/mol. The van der Waals surface area contributed by atoms with E-state index in [1.54, 1.807) is 66.7 Å². The number of nitrogens with zero attached hydrogens (tertiary/aromatic N) is 2. The number of phenolic OH excluding ortho intramolecular Hbond substituents is 1. The number of H-pyrrole nitrogens is 3. The van der Waals surface area contributed by atoms with Gasteiger partial charge in [-0.15, -0.1) is 10.2 Å². The fourth-order valence-electron chi connectivity index (χ4n) is 6.67. The molecule has 2 aromatic heterocycles. The molecule has 1 amide bonds. The van der Waals surface area contributed by atoms with E-state index in [1.807, 2.05) is 36.4 Å². The Hall–Kier alpha value is -7.14. The molecule has 0 atom stereocenters. The molecule has 0 spiro atoms. The number of nitrogens with one attached hydrogen (secondary N) is 4. The number of fused-ring (bicyclic) bond motifs is 8. The number of aromatic nitrogens is 3. The van der Waals surface area contributed by atoms with Crippen LogP contribution in [0.25, 0.3) is 43.6 Å². The fraction of sp³-hybridized carbons (Fsp3) is 0. The minimum Gasteiger partial charge on any atom is -0.505 e. The number of para-hydroxylation sites is 1.